The maximum absolute atomic E-state index is 12.6. The SMILES string of the molecule is CCN1CCN(c2ccc(C(=O)Nc3ccc(-n4cnnn4)c(C)c3)cc2)CC1. The zero-order valence-corrected chi connectivity index (χ0v) is 16.7. The highest BCUT2D eigenvalue weighted by atomic mass is 16.1. The molecule has 1 fully saturated rings. The van der Waals surface area contributed by atoms with Gasteiger partial charge < -0.3 is 15.1 Å². The molecule has 8 heteroatoms. The van der Waals surface area contributed by atoms with Crippen LogP contribution in [0.3, 0.4) is 0 Å². The highest BCUT2D eigenvalue weighted by Gasteiger charge is 2.16. The Morgan fingerprint density at radius 1 is 1.07 bits per heavy atom. The van der Waals surface area contributed by atoms with Crippen LogP contribution in [0, 0.1) is 6.92 Å². The lowest BCUT2D eigenvalue weighted by molar-refractivity contribution is 0.102. The quantitative estimate of drug-likeness (QED) is 0.719. The molecule has 8 nitrogen and oxygen atoms in total. The number of rotatable bonds is 5. The molecule has 1 N–H and O–H groups in total. The number of carbonyl (C=O) groups is 1. The monoisotopic (exact) mass is 391 g/mol. The van der Waals surface area contributed by atoms with E-state index in [0.717, 1.165) is 49.7 Å². The number of aromatic nitrogens is 4. The Hall–Kier alpha value is -3.26. The topological polar surface area (TPSA) is 79.2 Å². The predicted octanol–water partition coefficient (Wildman–Crippen LogP) is 2.36. The van der Waals surface area contributed by atoms with Crippen LogP contribution >= 0.6 is 0 Å². The molecule has 0 bridgehead atoms. The molecule has 4 rings (SSSR count). The minimum atomic E-state index is -0.123. The van der Waals surface area contributed by atoms with Crippen LogP contribution in [0.5, 0.6) is 0 Å². The van der Waals surface area contributed by atoms with Gasteiger partial charge in [-0.25, -0.2) is 4.68 Å². The van der Waals surface area contributed by atoms with E-state index in [2.05, 4.69) is 37.6 Å². The Morgan fingerprint density at radius 3 is 2.45 bits per heavy atom. The summed E-state index contributed by atoms with van der Waals surface area (Å²) in [7, 11) is 0. The van der Waals surface area contributed by atoms with Gasteiger partial charge in [0.25, 0.3) is 5.91 Å². The van der Waals surface area contributed by atoms with Crippen molar-refractivity contribution in [3.8, 4) is 5.69 Å². The molecular weight excluding hydrogens is 366 g/mol. The van der Waals surface area contributed by atoms with E-state index in [0.29, 0.717) is 5.56 Å². The Bertz CT molecular complexity index is 961. The molecule has 1 saturated heterocycles. The van der Waals surface area contributed by atoms with E-state index in [1.807, 2.05) is 49.4 Å². The van der Waals surface area contributed by atoms with E-state index in [1.165, 1.54) is 5.69 Å². The van der Waals surface area contributed by atoms with Gasteiger partial charge in [-0.3, -0.25) is 4.79 Å². The van der Waals surface area contributed by atoms with Gasteiger partial charge in [0.15, 0.2) is 0 Å². The second-order valence-electron chi connectivity index (χ2n) is 7.18. The number of carbonyl (C=O) groups excluding carboxylic acids is 1. The van der Waals surface area contributed by atoms with Gasteiger partial charge in [0.2, 0.25) is 0 Å². The standard InChI is InChI=1S/C21H25N7O/c1-3-26-10-12-27(13-11-26)19-7-4-17(5-8-19)21(29)23-18-6-9-20(16(2)14-18)28-15-22-24-25-28/h4-9,14-15H,3,10-13H2,1-2H3,(H,23,29). The van der Waals surface area contributed by atoms with Crippen LogP contribution in [0.1, 0.15) is 22.8 Å². The van der Waals surface area contributed by atoms with Gasteiger partial charge >= 0.3 is 0 Å². The molecule has 0 aliphatic carbocycles. The fourth-order valence-corrected chi connectivity index (χ4v) is 3.61. The maximum Gasteiger partial charge on any atom is 0.255 e. The first-order valence-corrected chi connectivity index (χ1v) is 9.87. The molecule has 2 heterocycles. The van der Waals surface area contributed by atoms with Crippen molar-refractivity contribution in [1.82, 2.24) is 25.1 Å². The molecule has 1 aliphatic heterocycles. The number of amides is 1. The first kappa shape index (κ1) is 19.1. The van der Waals surface area contributed by atoms with Gasteiger partial charge in [-0.15, -0.1) is 5.10 Å². The molecule has 1 aliphatic rings. The molecular formula is C21H25N7O. The van der Waals surface area contributed by atoms with E-state index < -0.39 is 0 Å². The van der Waals surface area contributed by atoms with Crippen molar-refractivity contribution in [2.45, 2.75) is 13.8 Å². The van der Waals surface area contributed by atoms with E-state index in [-0.39, 0.29) is 5.91 Å². The average molecular weight is 391 g/mol. The molecule has 1 aromatic heterocycles. The van der Waals surface area contributed by atoms with E-state index >= 15 is 0 Å². The first-order chi connectivity index (χ1) is 14.1. The minimum absolute atomic E-state index is 0.123. The zero-order chi connectivity index (χ0) is 20.2. The molecule has 0 saturated carbocycles. The number of likely N-dealkylation sites (N-methyl/N-ethyl adjacent to an activating group) is 1. The van der Waals surface area contributed by atoms with E-state index in [4.69, 9.17) is 0 Å². The summed E-state index contributed by atoms with van der Waals surface area (Å²) in [5.41, 5.74) is 4.39. The number of nitrogens with one attached hydrogen (secondary N) is 1. The zero-order valence-electron chi connectivity index (χ0n) is 16.7. The maximum atomic E-state index is 12.6. The number of hydrogen-bond donors (Lipinski definition) is 1. The molecule has 150 valence electrons. The van der Waals surface area contributed by atoms with Crippen LogP contribution in [0.4, 0.5) is 11.4 Å². The van der Waals surface area contributed by atoms with Crippen molar-refractivity contribution < 1.29 is 4.79 Å². The van der Waals surface area contributed by atoms with Gasteiger partial charge in [0.05, 0.1) is 5.69 Å². The Kier molecular flexibility index (Phi) is 5.53. The summed E-state index contributed by atoms with van der Waals surface area (Å²) in [6.45, 7) is 9.46. The lowest BCUT2D eigenvalue weighted by Crippen LogP contribution is -2.46. The smallest absolute Gasteiger partial charge is 0.255 e. The number of tetrazole rings is 1. The molecule has 0 radical (unpaired) electrons. The third kappa shape index (κ3) is 4.27. The third-order valence-electron chi connectivity index (χ3n) is 5.36. The van der Waals surface area contributed by atoms with Crippen molar-refractivity contribution in [3.63, 3.8) is 0 Å². The second kappa shape index (κ2) is 8.40. The summed E-state index contributed by atoms with van der Waals surface area (Å²) >= 11 is 0. The lowest BCUT2D eigenvalue weighted by Gasteiger charge is -2.35. The summed E-state index contributed by atoms with van der Waals surface area (Å²) in [6.07, 6.45) is 1.55. The number of aryl methyl sites for hydroxylation is 1. The lowest BCUT2D eigenvalue weighted by atomic mass is 10.1. The van der Waals surface area contributed by atoms with Crippen LogP contribution in [0.2, 0.25) is 0 Å². The highest BCUT2D eigenvalue weighted by molar-refractivity contribution is 6.04. The molecule has 3 aromatic rings. The van der Waals surface area contributed by atoms with Crippen molar-refractivity contribution in [3.05, 3.63) is 59.9 Å². The normalized spacial score (nSPS) is 14.8. The summed E-state index contributed by atoms with van der Waals surface area (Å²) in [6, 6.07) is 13.5. The summed E-state index contributed by atoms with van der Waals surface area (Å²) in [5.74, 6) is -0.123. The van der Waals surface area contributed by atoms with Crippen molar-refractivity contribution >= 4 is 17.3 Å². The largest absolute Gasteiger partial charge is 0.369 e. The van der Waals surface area contributed by atoms with Gasteiger partial charge in [-0.1, -0.05) is 6.92 Å². The van der Waals surface area contributed by atoms with E-state index in [1.54, 1.807) is 11.0 Å². The molecule has 0 unspecified atom stereocenters. The van der Waals surface area contributed by atoms with Crippen LogP contribution < -0.4 is 10.2 Å². The van der Waals surface area contributed by atoms with Crippen LogP contribution in [-0.4, -0.2) is 63.7 Å². The van der Waals surface area contributed by atoms with Crippen molar-refractivity contribution in [2.24, 2.45) is 0 Å². The van der Waals surface area contributed by atoms with Gasteiger partial charge in [0.1, 0.15) is 6.33 Å². The molecule has 0 atom stereocenters. The van der Waals surface area contributed by atoms with Gasteiger partial charge in [0, 0.05) is 43.1 Å². The van der Waals surface area contributed by atoms with Crippen molar-refractivity contribution in [2.75, 3.05) is 42.9 Å². The summed E-state index contributed by atoms with van der Waals surface area (Å²) < 4.78 is 1.60. The Labute approximate surface area is 170 Å². The predicted molar refractivity (Wildman–Crippen MR) is 113 cm³/mol. The molecule has 2 aromatic carbocycles. The first-order valence-electron chi connectivity index (χ1n) is 9.87. The minimum Gasteiger partial charge on any atom is -0.369 e. The number of benzene rings is 2. The summed E-state index contributed by atoms with van der Waals surface area (Å²) in [5, 5.41) is 14.2. The van der Waals surface area contributed by atoms with Gasteiger partial charge in [-0.2, -0.15) is 0 Å². The number of anilines is 2. The van der Waals surface area contributed by atoms with Crippen LogP contribution in [-0.2, 0) is 0 Å². The van der Waals surface area contributed by atoms with Crippen LogP contribution in [0.25, 0.3) is 5.69 Å². The van der Waals surface area contributed by atoms with Crippen LogP contribution in [0.15, 0.2) is 48.8 Å². The van der Waals surface area contributed by atoms with E-state index in [9.17, 15) is 4.79 Å². The highest BCUT2D eigenvalue weighted by Crippen LogP contribution is 2.20. The van der Waals surface area contributed by atoms with Crippen molar-refractivity contribution in [1.29, 1.82) is 0 Å². The third-order valence-corrected chi connectivity index (χ3v) is 5.36. The number of piperazine rings is 1. The Morgan fingerprint density at radius 2 is 1.83 bits per heavy atom. The average Bonchev–Trinajstić information content (AvgIpc) is 3.28. The Balaban J connectivity index is 1.40. The van der Waals surface area contributed by atoms with Gasteiger partial charge in [-0.05, 0) is 71.9 Å². The molecule has 29 heavy (non-hydrogen) atoms. The fraction of sp³-hybridized carbons (Fsp3) is 0.333. The molecule has 1 amide bonds. The number of hydrogen-bond acceptors (Lipinski definition) is 6. The number of nitrogens with zero attached hydrogens (tertiary/aromatic N) is 6. The fourth-order valence-electron chi connectivity index (χ4n) is 3.61. The summed E-state index contributed by atoms with van der Waals surface area (Å²) in [4.78, 5) is 17.5. The molecule has 0 spiro atoms. The second-order valence-corrected chi connectivity index (χ2v) is 7.18.